The lowest BCUT2D eigenvalue weighted by molar-refractivity contribution is -0.386. The van der Waals surface area contributed by atoms with Crippen LogP contribution in [0.3, 0.4) is 0 Å². The van der Waals surface area contributed by atoms with E-state index in [2.05, 4.69) is 0 Å². The molecule has 0 aliphatic heterocycles. The van der Waals surface area contributed by atoms with Crippen LogP contribution in [0.15, 0.2) is 12.1 Å². The first-order valence-corrected chi connectivity index (χ1v) is 4.74. The largest absolute Gasteiger partial charge is 0.483 e. The number of aliphatic hydroxyl groups excluding tert-OH is 1. The highest BCUT2D eigenvalue weighted by molar-refractivity contribution is 6.32. The Hall–Kier alpha value is -1.40. The minimum absolute atomic E-state index is 0.204. The number of halogens is 2. The van der Waals surface area contributed by atoms with Gasteiger partial charge in [0.05, 0.1) is 11.0 Å². The Morgan fingerprint density at radius 1 is 1.69 bits per heavy atom. The summed E-state index contributed by atoms with van der Waals surface area (Å²) in [5.74, 6) is -1.18. The maximum atomic E-state index is 13.1. The average molecular weight is 250 g/mol. The molecule has 1 aromatic carbocycles. The van der Waals surface area contributed by atoms with Gasteiger partial charge in [0.15, 0.2) is 0 Å². The SMILES string of the molecule is C[C@@H](O)COc1c([N+](=O)[O-])ccc(F)c1Cl. The van der Waals surface area contributed by atoms with E-state index in [-0.39, 0.29) is 12.4 Å². The molecule has 0 radical (unpaired) electrons. The van der Waals surface area contributed by atoms with Gasteiger partial charge in [0.1, 0.15) is 17.4 Å². The highest BCUT2D eigenvalue weighted by atomic mass is 35.5. The molecule has 1 aromatic rings. The third kappa shape index (κ3) is 2.80. The standard InChI is InChI=1S/C9H9ClFNO4/c1-5(13)4-16-9-7(12(14)15)3-2-6(11)8(9)10/h2-3,5,13H,4H2,1H3/t5-/m1/s1. The first-order chi connectivity index (χ1) is 7.43. The summed E-state index contributed by atoms with van der Waals surface area (Å²) in [6.07, 6.45) is -0.834. The molecular weight excluding hydrogens is 241 g/mol. The molecule has 0 aliphatic rings. The van der Waals surface area contributed by atoms with Crippen molar-refractivity contribution in [3.8, 4) is 5.75 Å². The van der Waals surface area contributed by atoms with Crippen LogP contribution in [0.4, 0.5) is 10.1 Å². The topological polar surface area (TPSA) is 72.6 Å². The van der Waals surface area contributed by atoms with Crippen molar-refractivity contribution in [3.05, 3.63) is 33.1 Å². The summed E-state index contributed by atoms with van der Waals surface area (Å²) in [7, 11) is 0. The third-order valence-corrected chi connectivity index (χ3v) is 2.05. The third-order valence-electron chi connectivity index (χ3n) is 1.69. The van der Waals surface area contributed by atoms with Crippen LogP contribution < -0.4 is 4.74 Å². The van der Waals surface area contributed by atoms with E-state index in [1.54, 1.807) is 0 Å². The molecule has 0 bridgehead atoms. The molecule has 1 rings (SSSR count). The lowest BCUT2D eigenvalue weighted by Gasteiger charge is -2.10. The van der Waals surface area contributed by atoms with Crippen molar-refractivity contribution in [2.24, 2.45) is 0 Å². The van der Waals surface area contributed by atoms with E-state index in [9.17, 15) is 14.5 Å². The number of hydrogen-bond donors (Lipinski definition) is 1. The van der Waals surface area contributed by atoms with Gasteiger partial charge in [-0.05, 0) is 13.0 Å². The Bertz CT molecular complexity index is 411. The lowest BCUT2D eigenvalue weighted by atomic mass is 10.3. The fourth-order valence-electron chi connectivity index (χ4n) is 1.01. The van der Waals surface area contributed by atoms with Gasteiger partial charge in [-0.2, -0.15) is 0 Å². The Labute approximate surface area is 95.6 Å². The van der Waals surface area contributed by atoms with Crippen LogP contribution in [-0.2, 0) is 0 Å². The number of hydrogen-bond acceptors (Lipinski definition) is 4. The molecule has 88 valence electrons. The van der Waals surface area contributed by atoms with Crippen molar-refractivity contribution < 1.29 is 19.2 Å². The monoisotopic (exact) mass is 249 g/mol. The molecule has 0 fully saturated rings. The molecule has 0 unspecified atom stereocenters. The molecule has 0 saturated heterocycles. The van der Waals surface area contributed by atoms with E-state index in [1.165, 1.54) is 6.92 Å². The van der Waals surface area contributed by atoms with Crippen LogP contribution in [0, 0.1) is 15.9 Å². The highest BCUT2D eigenvalue weighted by Crippen LogP contribution is 2.36. The number of nitro benzene ring substituents is 1. The van der Waals surface area contributed by atoms with Gasteiger partial charge in [-0.1, -0.05) is 11.6 Å². The van der Waals surface area contributed by atoms with Crippen molar-refractivity contribution in [2.75, 3.05) is 6.61 Å². The lowest BCUT2D eigenvalue weighted by Crippen LogP contribution is -2.14. The molecule has 7 heteroatoms. The molecule has 0 aromatic heterocycles. The quantitative estimate of drug-likeness (QED) is 0.655. The van der Waals surface area contributed by atoms with E-state index < -0.39 is 27.6 Å². The van der Waals surface area contributed by atoms with E-state index in [4.69, 9.17) is 21.4 Å². The van der Waals surface area contributed by atoms with Gasteiger partial charge >= 0.3 is 5.69 Å². The van der Waals surface area contributed by atoms with Gasteiger partial charge in [-0.15, -0.1) is 0 Å². The molecule has 0 heterocycles. The van der Waals surface area contributed by atoms with E-state index in [0.717, 1.165) is 12.1 Å². The zero-order valence-corrected chi connectivity index (χ0v) is 9.07. The van der Waals surface area contributed by atoms with E-state index in [1.807, 2.05) is 0 Å². The first kappa shape index (κ1) is 12.7. The molecule has 0 saturated carbocycles. The summed E-state index contributed by atoms with van der Waals surface area (Å²) >= 11 is 5.54. The molecule has 0 amide bonds. The fourth-order valence-corrected chi connectivity index (χ4v) is 1.22. The smallest absolute Gasteiger partial charge is 0.312 e. The maximum Gasteiger partial charge on any atom is 0.312 e. The summed E-state index contributed by atoms with van der Waals surface area (Å²) < 4.78 is 18.0. The molecule has 1 atom stereocenters. The Balaban J connectivity index is 3.11. The molecule has 0 aliphatic carbocycles. The van der Waals surface area contributed by atoms with Crippen molar-refractivity contribution in [1.29, 1.82) is 0 Å². The normalized spacial score (nSPS) is 12.2. The number of nitro groups is 1. The summed E-state index contributed by atoms with van der Waals surface area (Å²) in [4.78, 5) is 9.88. The van der Waals surface area contributed by atoms with Crippen LogP contribution in [0.25, 0.3) is 0 Å². The maximum absolute atomic E-state index is 13.1. The molecule has 5 nitrogen and oxygen atoms in total. The summed E-state index contributed by atoms with van der Waals surface area (Å²) in [5, 5.41) is 19.1. The van der Waals surface area contributed by atoms with Crippen molar-refractivity contribution in [3.63, 3.8) is 0 Å². The Morgan fingerprint density at radius 2 is 2.31 bits per heavy atom. The van der Waals surface area contributed by atoms with Crippen LogP contribution in [-0.4, -0.2) is 22.7 Å². The van der Waals surface area contributed by atoms with Crippen molar-refractivity contribution >= 4 is 17.3 Å². The van der Waals surface area contributed by atoms with Gasteiger partial charge < -0.3 is 9.84 Å². The second kappa shape index (κ2) is 5.09. The Morgan fingerprint density at radius 3 is 2.81 bits per heavy atom. The van der Waals surface area contributed by atoms with Gasteiger partial charge in [-0.25, -0.2) is 4.39 Å². The van der Waals surface area contributed by atoms with E-state index in [0.29, 0.717) is 0 Å². The highest BCUT2D eigenvalue weighted by Gasteiger charge is 2.22. The number of rotatable bonds is 4. The van der Waals surface area contributed by atoms with E-state index >= 15 is 0 Å². The fraction of sp³-hybridized carbons (Fsp3) is 0.333. The Kier molecular flexibility index (Phi) is 4.03. The van der Waals surface area contributed by atoms with Gasteiger partial charge in [0.2, 0.25) is 5.75 Å². The number of ether oxygens (including phenoxy) is 1. The second-order valence-corrected chi connectivity index (χ2v) is 3.50. The summed E-state index contributed by atoms with van der Waals surface area (Å²) in [6, 6.07) is 1.84. The van der Waals surface area contributed by atoms with Crippen molar-refractivity contribution in [1.82, 2.24) is 0 Å². The molecule has 1 N–H and O–H groups in total. The van der Waals surface area contributed by atoms with Gasteiger partial charge in [-0.3, -0.25) is 10.1 Å². The number of benzene rings is 1. The van der Waals surface area contributed by atoms with Crippen LogP contribution in [0.5, 0.6) is 5.75 Å². The van der Waals surface area contributed by atoms with Gasteiger partial charge in [0, 0.05) is 6.07 Å². The molecule has 16 heavy (non-hydrogen) atoms. The second-order valence-electron chi connectivity index (χ2n) is 3.13. The van der Waals surface area contributed by atoms with Gasteiger partial charge in [0.25, 0.3) is 0 Å². The predicted molar refractivity (Wildman–Crippen MR) is 55.2 cm³/mol. The average Bonchev–Trinajstić information content (AvgIpc) is 2.19. The van der Waals surface area contributed by atoms with Crippen LogP contribution >= 0.6 is 11.6 Å². The number of nitrogens with zero attached hydrogens (tertiary/aromatic N) is 1. The summed E-state index contributed by atoms with van der Waals surface area (Å²) in [5.41, 5.74) is -0.438. The minimum atomic E-state index is -0.834. The molecular formula is C9H9ClFNO4. The van der Waals surface area contributed by atoms with Crippen LogP contribution in [0.2, 0.25) is 5.02 Å². The number of aliphatic hydroxyl groups is 1. The minimum Gasteiger partial charge on any atom is -0.483 e. The zero-order chi connectivity index (χ0) is 12.3. The first-order valence-electron chi connectivity index (χ1n) is 4.36. The van der Waals surface area contributed by atoms with Crippen molar-refractivity contribution in [2.45, 2.75) is 13.0 Å². The predicted octanol–water partition coefficient (Wildman–Crippen LogP) is 2.15. The summed E-state index contributed by atoms with van der Waals surface area (Å²) in [6.45, 7) is 1.23. The molecule has 0 spiro atoms. The van der Waals surface area contributed by atoms with Crippen LogP contribution in [0.1, 0.15) is 6.92 Å². The zero-order valence-electron chi connectivity index (χ0n) is 8.31.